The maximum absolute atomic E-state index is 12.4. The van der Waals surface area contributed by atoms with E-state index >= 15 is 0 Å². The molecule has 3 atom stereocenters. The van der Waals surface area contributed by atoms with Crippen molar-refractivity contribution in [1.29, 1.82) is 0 Å². The number of hydrogen-bond donors (Lipinski definition) is 1. The number of aromatic nitrogens is 2. The number of aryl methyl sites for hydroxylation is 1. The van der Waals surface area contributed by atoms with Gasteiger partial charge in [0.25, 0.3) is 0 Å². The molecule has 1 amide bonds. The smallest absolute Gasteiger partial charge is 0.224 e. The van der Waals surface area contributed by atoms with Crippen LogP contribution in [0.2, 0.25) is 0 Å². The van der Waals surface area contributed by atoms with Gasteiger partial charge in [-0.15, -0.1) is 0 Å². The van der Waals surface area contributed by atoms with E-state index < -0.39 is 0 Å². The molecular formula is C20H24N4O. The number of hydrogen-bond acceptors (Lipinski definition) is 4. The van der Waals surface area contributed by atoms with Crippen LogP contribution in [0.1, 0.15) is 44.1 Å². The van der Waals surface area contributed by atoms with Gasteiger partial charge in [-0.25, -0.2) is 4.98 Å². The first-order valence-corrected chi connectivity index (χ1v) is 9.01. The Morgan fingerprint density at radius 2 is 2.04 bits per heavy atom. The molecule has 1 aliphatic carbocycles. The Morgan fingerprint density at radius 3 is 2.72 bits per heavy atom. The highest BCUT2D eigenvalue weighted by molar-refractivity contribution is 5.93. The summed E-state index contributed by atoms with van der Waals surface area (Å²) < 4.78 is 0. The summed E-state index contributed by atoms with van der Waals surface area (Å²) in [5, 5.41) is 3.59. The van der Waals surface area contributed by atoms with E-state index in [2.05, 4.69) is 22.2 Å². The van der Waals surface area contributed by atoms with Gasteiger partial charge in [-0.1, -0.05) is 13.0 Å². The topological polar surface area (TPSA) is 58.1 Å². The molecule has 130 valence electrons. The highest BCUT2D eigenvalue weighted by atomic mass is 16.2. The number of nitrogens with zero attached hydrogens (tertiary/aromatic N) is 3. The molecule has 5 nitrogen and oxygen atoms in total. The van der Waals surface area contributed by atoms with Crippen LogP contribution < -0.4 is 10.2 Å². The van der Waals surface area contributed by atoms with Crippen molar-refractivity contribution < 1.29 is 4.79 Å². The summed E-state index contributed by atoms with van der Waals surface area (Å²) in [7, 11) is 0. The second kappa shape index (κ2) is 6.14. The highest BCUT2D eigenvalue weighted by Gasteiger charge is 2.48. The van der Waals surface area contributed by atoms with Crippen LogP contribution in [0.3, 0.4) is 0 Å². The Hall–Kier alpha value is -2.43. The number of fused-ring (bicyclic) bond motifs is 1. The summed E-state index contributed by atoms with van der Waals surface area (Å²) in [6, 6.07) is 10.2. The van der Waals surface area contributed by atoms with Crippen molar-refractivity contribution in [1.82, 2.24) is 9.97 Å². The Labute approximate surface area is 148 Å². The SMILES string of the molecule is CC(=O)N1c2cccnc2C(Nc2cccc(C)n2)[C@@H](C)[C@@H]1C1CC1. The highest BCUT2D eigenvalue weighted by Crippen LogP contribution is 2.49. The van der Waals surface area contributed by atoms with Gasteiger partial charge in [-0.3, -0.25) is 9.78 Å². The van der Waals surface area contributed by atoms with Crippen LogP contribution in [0.4, 0.5) is 11.5 Å². The number of rotatable bonds is 3. The molecule has 0 radical (unpaired) electrons. The summed E-state index contributed by atoms with van der Waals surface area (Å²) in [5.74, 6) is 1.81. The molecule has 1 unspecified atom stereocenters. The lowest BCUT2D eigenvalue weighted by atomic mass is 9.82. The maximum Gasteiger partial charge on any atom is 0.224 e. The van der Waals surface area contributed by atoms with Crippen LogP contribution >= 0.6 is 0 Å². The quantitative estimate of drug-likeness (QED) is 0.928. The first-order valence-electron chi connectivity index (χ1n) is 9.01. The fourth-order valence-corrected chi connectivity index (χ4v) is 4.13. The number of nitrogens with one attached hydrogen (secondary N) is 1. The van der Waals surface area contributed by atoms with Gasteiger partial charge in [-0.2, -0.15) is 0 Å². The predicted molar refractivity (Wildman–Crippen MR) is 98.4 cm³/mol. The van der Waals surface area contributed by atoms with Crippen LogP contribution in [-0.2, 0) is 4.79 Å². The molecular weight excluding hydrogens is 312 g/mol. The predicted octanol–water partition coefficient (Wildman–Crippen LogP) is 3.72. The number of anilines is 2. The van der Waals surface area contributed by atoms with Crippen LogP contribution in [0.25, 0.3) is 0 Å². The molecule has 1 N–H and O–H groups in total. The zero-order valence-corrected chi connectivity index (χ0v) is 14.9. The molecule has 1 aliphatic heterocycles. The van der Waals surface area contributed by atoms with Crippen LogP contribution in [0, 0.1) is 18.8 Å². The molecule has 1 fully saturated rings. The Kier molecular flexibility index (Phi) is 3.94. The summed E-state index contributed by atoms with van der Waals surface area (Å²) >= 11 is 0. The van der Waals surface area contributed by atoms with Crippen LogP contribution in [0.5, 0.6) is 0 Å². The first kappa shape index (κ1) is 16.1. The third-order valence-corrected chi connectivity index (χ3v) is 5.37. The molecule has 1 saturated carbocycles. The van der Waals surface area contributed by atoms with E-state index in [-0.39, 0.29) is 23.9 Å². The molecule has 2 aromatic rings. The number of carbonyl (C=O) groups is 1. The van der Waals surface area contributed by atoms with Crippen molar-refractivity contribution in [2.75, 3.05) is 10.2 Å². The molecule has 3 heterocycles. The second-order valence-corrected chi connectivity index (χ2v) is 7.27. The molecule has 25 heavy (non-hydrogen) atoms. The standard InChI is InChI=1S/C20H24N4O/c1-12-6-4-8-17(22-12)23-18-13(2)20(15-9-10-15)24(14(3)25)16-7-5-11-21-19(16)18/h4-8,11,13,15,18,20H,9-10H2,1-3H3,(H,22,23)/t13-,18?,20-/m1/s1. The van der Waals surface area contributed by atoms with E-state index in [0.717, 1.165) is 22.9 Å². The van der Waals surface area contributed by atoms with Crippen LogP contribution in [0.15, 0.2) is 36.5 Å². The van der Waals surface area contributed by atoms with E-state index in [0.29, 0.717) is 5.92 Å². The normalized spacial score (nSPS) is 25.4. The van der Waals surface area contributed by atoms with Crippen molar-refractivity contribution in [3.8, 4) is 0 Å². The number of pyridine rings is 2. The zero-order valence-electron chi connectivity index (χ0n) is 14.9. The molecule has 0 aromatic carbocycles. The zero-order chi connectivity index (χ0) is 17.6. The molecule has 2 aliphatic rings. The Balaban J connectivity index is 1.77. The number of amides is 1. The summed E-state index contributed by atoms with van der Waals surface area (Å²) in [6.45, 7) is 5.88. The minimum atomic E-state index is 0.0479. The minimum Gasteiger partial charge on any atom is -0.361 e. The van der Waals surface area contributed by atoms with E-state index in [1.807, 2.05) is 42.2 Å². The van der Waals surface area contributed by atoms with E-state index in [4.69, 9.17) is 0 Å². The Morgan fingerprint density at radius 1 is 1.24 bits per heavy atom. The summed E-state index contributed by atoms with van der Waals surface area (Å²) in [6.07, 6.45) is 4.20. The lowest BCUT2D eigenvalue weighted by Crippen LogP contribution is -2.51. The molecule has 0 saturated heterocycles. The van der Waals surface area contributed by atoms with Gasteiger partial charge in [-0.05, 0) is 49.9 Å². The van der Waals surface area contributed by atoms with Gasteiger partial charge in [0.15, 0.2) is 0 Å². The van der Waals surface area contributed by atoms with Gasteiger partial charge in [0, 0.05) is 30.8 Å². The van der Waals surface area contributed by atoms with Crippen LogP contribution in [-0.4, -0.2) is 21.9 Å². The fourth-order valence-electron chi connectivity index (χ4n) is 4.13. The average Bonchev–Trinajstić information content (AvgIpc) is 3.41. The third-order valence-electron chi connectivity index (χ3n) is 5.37. The molecule has 4 rings (SSSR count). The Bertz CT molecular complexity index is 802. The summed E-state index contributed by atoms with van der Waals surface area (Å²) in [4.78, 5) is 23.6. The lowest BCUT2D eigenvalue weighted by Gasteiger charge is -2.45. The van der Waals surface area contributed by atoms with E-state index in [1.165, 1.54) is 12.8 Å². The monoisotopic (exact) mass is 336 g/mol. The van der Waals surface area contributed by atoms with Gasteiger partial charge < -0.3 is 10.2 Å². The van der Waals surface area contributed by atoms with Gasteiger partial charge in [0.1, 0.15) is 5.82 Å². The van der Waals surface area contributed by atoms with Crippen molar-refractivity contribution in [3.63, 3.8) is 0 Å². The molecule has 0 spiro atoms. The average molecular weight is 336 g/mol. The van der Waals surface area contributed by atoms with Crippen molar-refractivity contribution in [2.24, 2.45) is 11.8 Å². The van der Waals surface area contributed by atoms with E-state index in [9.17, 15) is 4.79 Å². The molecule has 0 bridgehead atoms. The van der Waals surface area contributed by atoms with Crippen molar-refractivity contribution in [3.05, 3.63) is 47.9 Å². The van der Waals surface area contributed by atoms with Crippen molar-refractivity contribution in [2.45, 2.75) is 45.7 Å². The molecule has 2 aromatic heterocycles. The largest absolute Gasteiger partial charge is 0.361 e. The summed E-state index contributed by atoms with van der Waals surface area (Å²) in [5.41, 5.74) is 2.86. The second-order valence-electron chi connectivity index (χ2n) is 7.27. The number of carbonyl (C=O) groups excluding carboxylic acids is 1. The fraction of sp³-hybridized carbons (Fsp3) is 0.450. The van der Waals surface area contributed by atoms with Gasteiger partial charge >= 0.3 is 0 Å². The van der Waals surface area contributed by atoms with Gasteiger partial charge in [0.2, 0.25) is 5.91 Å². The van der Waals surface area contributed by atoms with Gasteiger partial charge in [0.05, 0.1) is 17.4 Å². The van der Waals surface area contributed by atoms with E-state index in [1.54, 1.807) is 13.1 Å². The third kappa shape index (κ3) is 2.88. The minimum absolute atomic E-state index is 0.0479. The van der Waals surface area contributed by atoms with Crippen molar-refractivity contribution >= 4 is 17.4 Å². The lowest BCUT2D eigenvalue weighted by molar-refractivity contribution is -0.117. The maximum atomic E-state index is 12.4. The first-order chi connectivity index (χ1) is 12.1. The molecule has 5 heteroatoms.